The van der Waals surface area contributed by atoms with Crippen LogP contribution in [0.3, 0.4) is 0 Å². The topological polar surface area (TPSA) is 74.2 Å². The maximum absolute atomic E-state index is 11.9. The third-order valence-corrected chi connectivity index (χ3v) is 1.77. The van der Waals surface area contributed by atoms with Crippen LogP contribution < -0.4 is 10.5 Å². The molecule has 0 bridgehead atoms. The van der Waals surface area contributed by atoms with Gasteiger partial charge >= 0.3 is 0 Å². The van der Waals surface area contributed by atoms with E-state index in [0.29, 0.717) is 11.2 Å². The molecule has 80 valence electrons. The highest BCUT2D eigenvalue weighted by atomic mass is 19.3. The van der Waals surface area contributed by atoms with Gasteiger partial charge in [0, 0.05) is 0 Å². The summed E-state index contributed by atoms with van der Waals surface area (Å²) in [5.41, 5.74) is 6.47. The minimum Gasteiger partial charge on any atom is -0.485 e. The Morgan fingerprint density at radius 2 is 2.07 bits per heavy atom. The molecule has 0 fully saturated rings. The molecule has 1 aromatic heterocycles. The Bertz CT molecular complexity index is 472. The zero-order valence-electron chi connectivity index (χ0n) is 7.48. The van der Waals surface area contributed by atoms with Gasteiger partial charge in [-0.1, -0.05) is 0 Å². The molecule has 0 spiro atoms. The zero-order valence-corrected chi connectivity index (χ0v) is 7.48. The third-order valence-electron chi connectivity index (χ3n) is 1.77. The van der Waals surface area contributed by atoms with Crippen LogP contribution in [0.25, 0.3) is 11.0 Å². The van der Waals surface area contributed by atoms with Crippen molar-refractivity contribution in [3.05, 3.63) is 12.1 Å². The fourth-order valence-electron chi connectivity index (χ4n) is 1.13. The molecular formula is C8H7F2N3O2. The molecule has 1 aromatic carbocycles. The Hall–Kier alpha value is -1.92. The van der Waals surface area contributed by atoms with Gasteiger partial charge in [-0.2, -0.15) is 0 Å². The Labute approximate surface area is 82.8 Å². The second-order valence-corrected chi connectivity index (χ2v) is 2.82. The average Bonchev–Trinajstić information content (AvgIpc) is 2.66. The number of hydrogen-bond donors (Lipinski definition) is 1. The number of nitrogens with zero attached hydrogens (tertiary/aromatic N) is 2. The number of nitrogen functional groups attached to an aromatic ring is 1. The molecule has 0 radical (unpaired) electrons. The van der Waals surface area contributed by atoms with E-state index in [1.807, 2.05) is 0 Å². The van der Waals surface area contributed by atoms with Crippen molar-refractivity contribution in [3.8, 4) is 5.75 Å². The molecule has 2 N–H and O–H groups in total. The maximum Gasteiger partial charge on any atom is 0.272 e. The van der Waals surface area contributed by atoms with Gasteiger partial charge in [-0.25, -0.2) is 13.4 Å². The molecule has 0 unspecified atom stereocenters. The second-order valence-electron chi connectivity index (χ2n) is 2.82. The smallest absolute Gasteiger partial charge is 0.272 e. The van der Waals surface area contributed by atoms with Gasteiger partial charge in [0.25, 0.3) is 6.43 Å². The maximum atomic E-state index is 11.9. The summed E-state index contributed by atoms with van der Waals surface area (Å²) in [4.78, 5) is 0. The van der Waals surface area contributed by atoms with E-state index in [9.17, 15) is 8.78 Å². The van der Waals surface area contributed by atoms with Crippen molar-refractivity contribution < 1.29 is 18.1 Å². The number of hydrogen-bond acceptors (Lipinski definition) is 5. The molecule has 0 saturated carbocycles. The van der Waals surface area contributed by atoms with E-state index >= 15 is 0 Å². The summed E-state index contributed by atoms with van der Waals surface area (Å²) in [6, 6.07) is 2.94. The van der Waals surface area contributed by atoms with Gasteiger partial charge in [-0.15, -0.1) is 0 Å². The SMILES string of the molecule is Nc1ccc(OCC(F)F)c2nonc12. The first kappa shape index (κ1) is 9.63. The standard InChI is InChI=1S/C8H7F2N3O2/c9-6(10)3-14-5-2-1-4(11)7-8(5)13-15-12-7/h1-2,6H,3,11H2. The van der Waals surface area contributed by atoms with E-state index in [-0.39, 0.29) is 11.3 Å². The summed E-state index contributed by atoms with van der Waals surface area (Å²) >= 11 is 0. The number of rotatable bonds is 3. The Kier molecular flexibility index (Phi) is 2.36. The number of ether oxygens (including phenoxy) is 1. The van der Waals surface area contributed by atoms with Gasteiger partial charge in [0.2, 0.25) is 0 Å². The molecule has 2 rings (SSSR count). The number of fused-ring (bicyclic) bond motifs is 1. The van der Waals surface area contributed by atoms with Crippen LogP contribution in [0.1, 0.15) is 0 Å². The summed E-state index contributed by atoms with van der Waals surface area (Å²) in [7, 11) is 0. The van der Waals surface area contributed by atoms with Gasteiger partial charge in [0.1, 0.15) is 6.61 Å². The first-order chi connectivity index (χ1) is 7.18. The van der Waals surface area contributed by atoms with Gasteiger partial charge < -0.3 is 10.5 Å². The van der Waals surface area contributed by atoms with Crippen LogP contribution in [0.4, 0.5) is 14.5 Å². The lowest BCUT2D eigenvalue weighted by Gasteiger charge is -2.05. The molecule has 7 heteroatoms. The van der Waals surface area contributed by atoms with E-state index in [1.54, 1.807) is 0 Å². The van der Waals surface area contributed by atoms with Gasteiger partial charge in [-0.3, -0.25) is 0 Å². The zero-order chi connectivity index (χ0) is 10.8. The second kappa shape index (κ2) is 3.68. The Balaban J connectivity index is 2.35. The molecule has 0 amide bonds. The van der Waals surface area contributed by atoms with Gasteiger partial charge in [0.15, 0.2) is 16.8 Å². The molecule has 2 aromatic rings. The van der Waals surface area contributed by atoms with E-state index in [4.69, 9.17) is 10.5 Å². The van der Waals surface area contributed by atoms with E-state index in [1.165, 1.54) is 12.1 Å². The number of anilines is 1. The minimum absolute atomic E-state index is 0.181. The van der Waals surface area contributed by atoms with Gasteiger partial charge in [0.05, 0.1) is 5.69 Å². The molecule has 15 heavy (non-hydrogen) atoms. The van der Waals surface area contributed by atoms with Crippen LogP contribution in [-0.4, -0.2) is 23.3 Å². The number of aromatic nitrogens is 2. The lowest BCUT2D eigenvalue weighted by molar-refractivity contribution is 0.0825. The van der Waals surface area contributed by atoms with Crippen LogP contribution in [0.2, 0.25) is 0 Å². The highest BCUT2D eigenvalue weighted by Gasteiger charge is 2.12. The summed E-state index contributed by atoms with van der Waals surface area (Å²) in [6.07, 6.45) is -2.54. The minimum atomic E-state index is -2.54. The van der Waals surface area contributed by atoms with Crippen molar-refractivity contribution in [1.82, 2.24) is 10.3 Å². The van der Waals surface area contributed by atoms with Crippen molar-refractivity contribution >= 4 is 16.7 Å². The monoisotopic (exact) mass is 215 g/mol. The van der Waals surface area contributed by atoms with E-state index in [0.717, 1.165) is 0 Å². The lowest BCUT2D eigenvalue weighted by Crippen LogP contribution is -2.07. The molecule has 1 heterocycles. The molecule has 0 aliphatic heterocycles. The highest BCUT2D eigenvalue weighted by Crippen LogP contribution is 2.27. The van der Waals surface area contributed by atoms with Gasteiger partial charge in [-0.05, 0) is 22.4 Å². The Morgan fingerprint density at radius 3 is 2.80 bits per heavy atom. The molecule has 0 aliphatic rings. The number of alkyl halides is 2. The predicted octanol–water partition coefficient (Wildman–Crippen LogP) is 1.45. The largest absolute Gasteiger partial charge is 0.485 e. The Morgan fingerprint density at radius 1 is 1.33 bits per heavy atom. The molecule has 0 aliphatic carbocycles. The van der Waals surface area contributed by atoms with Crippen molar-refractivity contribution in [2.24, 2.45) is 0 Å². The average molecular weight is 215 g/mol. The third kappa shape index (κ3) is 1.80. The lowest BCUT2D eigenvalue weighted by atomic mass is 10.2. The van der Waals surface area contributed by atoms with Crippen LogP contribution in [0, 0.1) is 0 Å². The van der Waals surface area contributed by atoms with Crippen molar-refractivity contribution in [2.75, 3.05) is 12.3 Å². The van der Waals surface area contributed by atoms with E-state index < -0.39 is 13.0 Å². The summed E-state index contributed by atoms with van der Waals surface area (Å²) in [5, 5.41) is 7.05. The van der Waals surface area contributed by atoms with Crippen LogP contribution in [0.15, 0.2) is 16.8 Å². The summed E-state index contributed by atoms with van der Waals surface area (Å²) in [6.45, 7) is -0.703. The van der Waals surface area contributed by atoms with Crippen molar-refractivity contribution in [2.45, 2.75) is 6.43 Å². The van der Waals surface area contributed by atoms with Crippen LogP contribution in [0.5, 0.6) is 5.75 Å². The predicted molar refractivity (Wildman–Crippen MR) is 47.7 cm³/mol. The number of halogens is 2. The molecule has 5 nitrogen and oxygen atoms in total. The highest BCUT2D eigenvalue weighted by molar-refractivity contribution is 5.90. The van der Waals surface area contributed by atoms with Crippen LogP contribution >= 0.6 is 0 Å². The van der Waals surface area contributed by atoms with Crippen LogP contribution in [-0.2, 0) is 0 Å². The first-order valence-corrected chi connectivity index (χ1v) is 4.10. The van der Waals surface area contributed by atoms with Crippen molar-refractivity contribution in [3.63, 3.8) is 0 Å². The van der Waals surface area contributed by atoms with E-state index in [2.05, 4.69) is 14.9 Å². The first-order valence-electron chi connectivity index (χ1n) is 4.10. The fourth-order valence-corrected chi connectivity index (χ4v) is 1.13. The number of nitrogens with two attached hydrogens (primary N) is 1. The fraction of sp³-hybridized carbons (Fsp3) is 0.250. The molecular weight excluding hydrogens is 208 g/mol. The summed E-state index contributed by atoms with van der Waals surface area (Å²) < 4.78 is 33.1. The molecule has 0 saturated heterocycles. The van der Waals surface area contributed by atoms with Crippen molar-refractivity contribution in [1.29, 1.82) is 0 Å². The number of benzene rings is 1. The normalized spacial score (nSPS) is 11.1. The quantitative estimate of drug-likeness (QED) is 0.784. The summed E-state index contributed by atoms with van der Waals surface area (Å²) in [5.74, 6) is 0.181. The molecule has 0 atom stereocenters.